The lowest BCUT2D eigenvalue weighted by molar-refractivity contribution is 0.672. The Morgan fingerprint density at radius 3 is 2.42 bits per heavy atom. The average Bonchev–Trinajstić information content (AvgIpc) is 2.62. The molecule has 24 heavy (non-hydrogen) atoms. The van der Waals surface area contributed by atoms with E-state index in [9.17, 15) is 4.21 Å². The van der Waals surface area contributed by atoms with Gasteiger partial charge in [-0.25, -0.2) is 15.0 Å². The van der Waals surface area contributed by atoms with Crippen LogP contribution >= 0.6 is 23.4 Å². The second kappa shape index (κ2) is 6.97. The van der Waals surface area contributed by atoms with Crippen LogP contribution < -0.4 is 9.80 Å². The van der Waals surface area contributed by atoms with Gasteiger partial charge in [-0.2, -0.15) is 16.7 Å². The average molecular weight is 385 g/mol. The Labute approximate surface area is 151 Å². The Kier molecular flexibility index (Phi) is 4.73. The number of anilines is 2. The monoisotopic (exact) mass is 384 g/mol. The molecule has 2 aliphatic rings. The maximum atomic E-state index is 11.6. The van der Waals surface area contributed by atoms with E-state index in [0.29, 0.717) is 30.1 Å². The highest BCUT2D eigenvalue weighted by Crippen LogP contribution is 2.30. The molecular formula is C14H17ClN6OS2. The minimum absolute atomic E-state index is 0.201. The van der Waals surface area contributed by atoms with Crippen LogP contribution in [-0.4, -0.2) is 73.3 Å². The van der Waals surface area contributed by atoms with Gasteiger partial charge in [-0.3, -0.25) is 4.21 Å². The van der Waals surface area contributed by atoms with Crippen molar-refractivity contribution in [2.45, 2.75) is 0 Å². The van der Waals surface area contributed by atoms with E-state index in [1.807, 2.05) is 11.8 Å². The van der Waals surface area contributed by atoms with Gasteiger partial charge in [-0.15, -0.1) is 0 Å². The fraction of sp³-hybridized carbons (Fsp3) is 0.571. The number of hydrogen-bond acceptors (Lipinski definition) is 8. The first-order valence-corrected chi connectivity index (χ1v) is 10.9. The van der Waals surface area contributed by atoms with Crippen LogP contribution in [-0.2, 0) is 10.8 Å². The van der Waals surface area contributed by atoms with Crippen LogP contribution in [0, 0.1) is 0 Å². The summed E-state index contributed by atoms with van der Waals surface area (Å²) in [6.07, 6.45) is 1.57. The van der Waals surface area contributed by atoms with Gasteiger partial charge in [0, 0.05) is 60.0 Å². The fourth-order valence-electron chi connectivity index (χ4n) is 2.97. The molecule has 0 saturated carbocycles. The number of thioether (sulfide) groups is 1. The fourth-order valence-corrected chi connectivity index (χ4v) is 5.09. The summed E-state index contributed by atoms with van der Waals surface area (Å²) < 4.78 is 11.6. The summed E-state index contributed by atoms with van der Waals surface area (Å²) in [5.41, 5.74) is 1.42. The van der Waals surface area contributed by atoms with Crippen LogP contribution in [0.5, 0.6) is 0 Å². The summed E-state index contributed by atoms with van der Waals surface area (Å²) in [4.78, 5) is 22.0. The van der Waals surface area contributed by atoms with Gasteiger partial charge in [0.25, 0.3) is 0 Å². The molecule has 7 nitrogen and oxygen atoms in total. The lowest BCUT2D eigenvalue weighted by atomic mass is 10.3. The number of fused-ring (bicyclic) bond motifs is 1. The van der Waals surface area contributed by atoms with Crippen LogP contribution in [0.2, 0.25) is 5.28 Å². The molecular weight excluding hydrogens is 368 g/mol. The van der Waals surface area contributed by atoms with Crippen LogP contribution in [0.4, 0.5) is 11.6 Å². The molecule has 10 heteroatoms. The van der Waals surface area contributed by atoms with Gasteiger partial charge in [-0.1, -0.05) is 0 Å². The lowest BCUT2D eigenvalue weighted by Gasteiger charge is -2.30. The highest BCUT2D eigenvalue weighted by molar-refractivity contribution is 7.99. The maximum absolute atomic E-state index is 11.6. The van der Waals surface area contributed by atoms with Crippen molar-refractivity contribution in [1.29, 1.82) is 0 Å². The van der Waals surface area contributed by atoms with Crippen LogP contribution in [0.1, 0.15) is 0 Å². The van der Waals surface area contributed by atoms with Gasteiger partial charge in [0.05, 0.1) is 0 Å². The topological polar surface area (TPSA) is 75.1 Å². The molecule has 0 aliphatic carbocycles. The predicted octanol–water partition coefficient (Wildman–Crippen LogP) is 1.20. The third-order valence-corrected chi connectivity index (χ3v) is 6.59. The molecule has 2 aromatic rings. The Balaban J connectivity index is 1.79. The van der Waals surface area contributed by atoms with Crippen molar-refractivity contribution in [2.75, 3.05) is 59.0 Å². The van der Waals surface area contributed by atoms with Gasteiger partial charge < -0.3 is 9.80 Å². The minimum Gasteiger partial charge on any atom is -0.353 e. The molecule has 2 aliphatic heterocycles. The number of nitrogens with zero attached hydrogens (tertiary/aromatic N) is 6. The first-order chi connectivity index (χ1) is 11.7. The Bertz CT molecular complexity index is 775. The van der Waals surface area contributed by atoms with Gasteiger partial charge in [-0.05, 0) is 11.6 Å². The lowest BCUT2D eigenvalue weighted by Crippen LogP contribution is -2.38. The van der Waals surface area contributed by atoms with Crippen molar-refractivity contribution in [2.24, 2.45) is 0 Å². The molecule has 0 radical (unpaired) electrons. The van der Waals surface area contributed by atoms with E-state index in [-0.39, 0.29) is 5.28 Å². The molecule has 0 bridgehead atoms. The number of hydrogen-bond donors (Lipinski definition) is 0. The summed E-state index contributed by atoms with van der Waals surface area (Å²) in [6.45, 7) is 3.26. The van der Waals surface area contributed by atoms with E-state index in [2.05, 4.69) is 29.7 Å². The Morgan fingerprint density at radius 2 is 1.67 bits per heavy atom. The normalized spacial score (nSPS) is 19.9. The zero-order chi connectivity index (χ0) is 16.5. The molecule has 0 N–H and O–H groups in total. The third kappa shape index (κ3) is 3.16. The highest BCUT2D eigenvalue weighted by Gasteiger charge is 2.24. The molecule has 4 heterocycles. The molecule has 128 valence electrons. The molecule has 2 aromatic heterocycles. The van der Waals surface area contributed by atoms with E-state index in [1.165, 1.54) is 0 Å². The minimum atomic E-state index is -0.743. The standard InChI is InChI=1S/C14H17ClN6OS2/c15-14-18-11-10(13(19-14)21-3-7-24(22)8-4-21)16-9-17-12(11)20-1-5-23-6-2-20/h9H,1-8H2. The van der Waals surface area contributed by atoms with E-state index in [4.69, 9.17) is 11.6 Å². The van der Waals surface area contributed by atoms with Crippen molar-refractivity contribution in [3.8, 4) is 0 Å². The number of halogens is 1. The van der Waals surface area contributed by atoms with Gasteiger partial charge in [0.15, 0.2) is 11.6 Å². The number of aromatic nitrogens is 4. The third-order valence-electron chi connectivity index (χ3n) is 4.20. The molecule has 2 saturated heterocycles. The summed E-state index contributed by atoms with van der Waals surface area (Å²) in [6, 6.07) is 0. The summed E-state index contributed by atoms with van der Waals surface area (Å²) in [7, 11) is -0.743. The van der Waals surface area contributed by atoms with Crippen molar-refractivity contribution >= 4 is 56.8 Å². The van der Waals surface area contributed by atoms with Crippen molar-refractivity contribution in [1.82, 2.24) is 19.9 Å². The van der Waals surface area contributed by atoms with Crippen molar-refractivity contribution in [3.05, 3.63) is 11.6 Å². The second-order valence-electron chi connectivity index (χ2n) is 5.65. The largest absolute Gasteiger partial charge is 0.353 e. The number of rotatable bonds is 2. The van der Waals surface area contributed by atoms with E-state index < -0.39 is 10.8 Å². The summed E-state index contributed by atoms with van der Waals surface area (Å²) >= 11 is 8.14. The maximum Gasteiger partial charge on any atom is 0.225 e. The first-order valence-electron chi connectivity index (χ1n) is 7.83. The molecule has 4 rings (SSSR count). The van der Waals surface area contributed by atoms with Crippen LogP contribution in [0.15, 0.2) is 6.33 Å². The SMILES string of the molecule is O=S1CCN(c2nc(Cl)nc3c(N4CCSCC4)ncnc23)CC1. The summed E-state index contributed by atoms with van der Waals surface area (Å²) in [5.74, 6) is 4.99. The zero-order valence-electron chi connectivity index (χ0n) is 13.0. The first kappa shape index (κ1) is 16.3. The van der Waals surface area contributed by atoms with E-state index in [0.717, 1.165) is 41.7 Å². The van der Waals surface area contributed by atoms with Crippen molar-refractivity contribution in [3.63, 3.8) is 0 Å². The molecule has 0 aromatic carbocycles. The van der Waals surface area contributed by atoms with Gasteiger partial charge in [0.2, 0.25) is 5.28 Å². The zero-order valence-corrected chi connectivity index (χ0v) is 15.4. The second-order valence-corrected chi connectivity index (χ2v) is 8.90. The smallest absolute Gasteiger partial charge is 0.225 e. The Hall–Kier alpha value is -1.19. The van der Waals surface area contributed by atoms with Crippen LogP contribution in [0.25, 0.3) is 11.0 Å². The molecule has 0 spiro atoms. The van der Waals surface area contributed by atoms with Gasteiger partial charge in [0.1, 0.15) is 17.4 Å². The van der Waals surface area contributed by atoms with Crippen LogP contribution in [0.3, 0.4) is 0 Å². The van der Waals surface area contributed by atoms with E-state index in [1.54, 1.807) is 6.33 Å². The molecule has 0 unspecified atom stereocenters. The van der Waals surface area contributed by atoms with E-state index >= 15 is 0 Å². The Morgan fingerprint density at radius 1 is 0.958 bits per heavy atom. The van der Waals surface area contributed by atoms with Gasteiger partial charge >= 0.3 is 0 Å². The predicted molar refractivity (Wildman–Crippen MR) is 99.8 cm³/mol. The quantitative estimate of drug-likeness (QED) is 0.715. The van der Waals surface area contributed by atoms with Crippen molar-refractivity contribution < 1.29 is 4.21 Å². The molecule has 0 atom stereocenters. The molecule has 0 amide bonds. The highest BCUT2D eigenvalue weighted by atomic mass is 35.5. The molecule has 2 fully saturated rings. The summed E-state index contributed by atoms with van der Waals surface area (Å²) in [5, 5.41) is 0.201.